The summed E-state index contributed by atoms with van der Waals surface area (Å²) in [6.45, 7) is 2.39. The first-order valence-electron chi connectivity index (χ1n) is 9.10. The van der Waals surface area contributed by atoms with E-state index in [1.54, 1.807) is 0 Å². The van der Waals surface area contributed by atoms with Gasteiger partial charge in [0, 0.05) is 10.6 Å². The van der Waals surface area contributed by atoms with Gasteiger partial charge >= 0.3 is 53.6 Å². The third-order valence-electron chi connectivity index (χ3n) is 5.40. The van der Waals surface area contributed by atoms with Crippen molar-refractivity contribution in [1.82, 2.24) is 0 Å². The van der Waals surface area contributed by atoms with Crippen molar-refractivity contribution >= 4 is 39.2 Å². The number of hydrogen-bond donors (Lipinski definition) is 0. The topological polar surface area (TPSA) is 0 Å². The van der Waals surface area contributed by atoms with E-state index in [9.17, 15) is 74.6 Å². The minimum Gasteiger partial charge on any atom is -0.194 e. The van der Waals surface area contributed by atoms with E-state index in [-0.39, 0.29) is 17.7 Å². The van der Waals surface area contributed by atoms with Crippen molar-refractivity contribution in [2.75, 3.05) is 0 Å². The van der Waals surface area contributed by atoms with Crippen molar-refractivity contribution in [2.45, 2.75) is 66.5 Å². The second-order valence-electron chi connectivity index (χ2n) is 8.22. The molecule has 0 aliphatic heterocycles. The Labute approximate surface area is 216 Å². The van der Waals surface area contributed by atoms with E-state index in [0.717, 1.165) is 0 Å². The maximum absolute atomic E-state index is 14.3. The lowest BCUT2D eigenvalue weighted by Gasteiger charge is -2.42. The Morgan fingerprint density at radius 1 is 0.447 bits per heavy atom. The van der Waals surface area contributed by atoms with Gasteiger partial charge < -0.3 is 0 Å². The monoisotopic (exact) mass is 670 g/mol. The zero-order chi connectivity index (χ0) is 31.0. The highest BCUT2D eigenvalue weighted by atomic mass is 35.8. The molecular formula is C17H10Cl3F17Si. The van der Waals surface area contributed by atoms with Gasteiger partial charge in [-0.05, 0) is 5.56 Å². The molecule has 21 heteroatoms. The van der Waals surface area contributed by atoms with Gasteiger partial charge in [-0.25, -0.2) is 0 Å². The molecule has 0 fully saturated rings. The summed E-state index contributed by atoms with van der Waals surface area (Å²) in [6, 6.07) is -3.19. The highest BCUT2D eigenvalue weighted by Gasteiger charge is 2.95. The van der Waals surface area contributed by atoms with E-state index >= 15 is 0 Å². The molecule has 0 saturated heterocycles. The summed E-state index contributed by atoms with van der Waals surface area (Å²) in [5, 5.41) is -1.50. The van der Waals surface area contributed by atoms with Gasteiger partial charge in [0.05, 0.1) is 0 Å². The molecule has 0 N–H and O–H groups in total. The lowest BCUT2D eigenvalue weighted by Crippen LogP contribution is -2.74. The standard InChI is InChI=1S/C17H10Cl3F17Si/c1-9(2,38(18,19)20)7-3-5-8(6-4-7)10(21,22)11(23,24)12(25,26)13(27,28)14(29,30)15(31,32)16(33,34)17(35,36)37/h3-6H,1-2H3. The van der Waals surface area contributed by atoms with Gasteiger partial charge in [-0.1, -0.05) is 38.1 Å². The third kappa shape index (κ3) is 4.71. The van der Waals surface area contributed by atoms with Crippen molar-refractivity contribution in [3.05, 3.63) is 35.4 Å². The third-order valence-corrected chi connectivity index (χ3v) is 11.4. The predicted octanol–water partition coefficient (Wildman–Crippen LogP) is 9.62. The summed E-state index contributed by atoms with van der Waals surface area (Å²) in [5.41, 5.74) is -2.57. The first kappa shape index (κ1) is 35.1. The molecule has 1 rings (SSSR count). The second kappa shape index (κ2) is 9.32. The first-order chi connectivity index (χ1) is 16.2. The van der Waals surface area contributed by atoms with Crippen LogP contribution in [0.15, 0.2) is 24.3 Å². The average molecular weight is 672 g/mol. The van der Waals surface area contributed by atoms with Gasteiger partial charge in [0.15, 0.2) is 0 Å². The molecule has 0 unspecified atom stereocenters. The van der Waals surface area contributed by atoms with Crippen LogP contribution in [0.25, 0.3) is 0 Å². The van der Waals surface area contributed by atoms with Crippen LogP contribution < -0.4 is 0 Å². The van der Waals surface area contributed by atoms with Gasteiger partial charge in [0.25, 0.3) is 0 Å². The first-order valence-corrected chi connectivity index (χ1v) is 14.1. The van der Waals surface area contributed by atoms with Crippen LogP contribution in [-0.4, -0.2) is 47.7 Å². The van der Waals surface area contributed by atoms with Crippen molar-refractivity contribution < 1.29 is 74.6 Å². The molecule has 1 aromatic rings. The Balaban J connectivity index is 3.70. The van der Waals surface area contributed by atoms with Crippen LogP contribution in [0.2, 0.25) is 0 Å². The van der Waals surface area contributed by atoms with E-state index < -0.39 is 64.2 Å². The molecule has 222 valence electrons. The van der Waals surface area contributed by atoms with E-state index in [1.165, 1.54) is 13.8 Å². The van der Waals surface area contributed by atoms with Gasteiger partial charge in [-0.2, -0.15) is 74.6 Å². The van der Waals surface area contributed by atoms with Crippen LogP contribution in [-0.2, 0) is 11.0 Å². The summed E-state index contributed by atoms with van der Waals surface area (Å²) in [4.78, 5) is 0. The molecule has 0 saturated carbocycles. The van der Waals surface area contributed by atoms with Crippen LogP contribution in [0, 0.1) is 0 Å². The lowest BCUT2D eigenvalue weighted by atomic mass is 9.87. The van der Waals surface area contributed by atoms with Gasteiger partial charge in [0.1, 0.15) is 0 Å². The molecule has 0 radical (unpaired) electrons. The van der Waals surface area contributed by atoms with Crippen molar-refractivity contribution in [3.63, 3.8) is 0 Å². The Morgan fingerprint density at radius 2 is 0.711 bits per heavy atom. The van der Waals surface area contributed by atoms with Crippen LogP contribution in [0.4, 0.5) is 74.6 Å². The number of halogens is 20. The summed E-state index contributed by atoms with van der Waals surface area (Å²) in [7, 11) is 0. The molecule has 0 bridgehead atoms. The summed E-state index contributed by atoms with van der Waals surface area (Å²) < 4.78 is 228. The van der Waals surface area contributed by atoms with Crippen LogP contribution in [0.5, 0.6) is 0 Å². The molecular weight excluding hydrogens is 662 g/mol. The smallest absolute Gasteiger partial charge is 0.194 e. The lowest BCUT2D eigenvalue weighted by molar-refractivity contribution is -0.462. The minimum atomic E-state index is -8.68. The molecule has 0 aliphatic carbocycles. The van der Waals surface area contributed by atoms with Crippen molar-refractivity contribution in [2.24, 2.45) is 0 Å². The maximum Gasteiger partial charge on any atom is 0.460 e. The fourth-order valence-corrected chi connectivity index (χ4v) is 4.08. The fraction of sp³-hybridized carbons (Fsp3) is 0.647. The summed E-state index contributed by atoms with van der Waals surface area (Å²) in [6.07, 6.45) is -7.80. The van der Waals surface area contributed by atoms with Crippen molar-refractivity contribution in [1.29, 1.82) is 0 Å². The quantitative estimate of drug-likeness (QED) is 0.139. The van der Waals surface area contributed by atoms with Gasteiger partial charge in [-0.3, -0.25) is 0 Å². The van der Waals surface area contributed by atoms with Crippen LogP contribution in [0.3, 0.4) is 0 Å². The van der Waals surface area contributed by atoms with Crippen LogP contribution >= 0.6 is 33.2 Å². The largest absolute Gasteiger partial charge is 0.460 e. The molecule has 38 heavy (non-hydrogen) atoms. The maximum atomic E-state index is 14.3. The Kier molecular flexibility index (Phi) is 8.62. The summed E-state index contributed by atoms with van der Waals surface area (Å²) >= 11 is 17.3. The molecule has 0 atom stereocenters. The Hall–Kier alpha value is -0.883. The fourth-order valence-electron chi connectivity index (χ4n) is 2.61. The highest BCUT2D eigenvalue weighted by Crippen LogP contribution is 2.65. The zero-order valence-electron chi connectivity index (χ0n) is 17.9. The van der Waals surface area contributed by atoms with E-state index in [0.29, 0.717) is 12.1 Å². The number of alkyl halides is 17. The normalized spacial score (nSPS) is 16.2. The summed E-state index contributed by atoms with van der Waals surface area (Å²) in [5.74, 6) is -56.9. The molecule has 1 aromatic carbocycles. The molecule has 0 spiro atoms. The minimum absolute atomic E-state index is 0.144. The van der Waals surface area contributed by atoms with E-state index in [2.05, 4.69) is 0 Å². The molecule has 0 heterocycles. The molecule has 0 aromatic heterocycles. The molecule has 0 amide bonds. The Bertz CT molecular complexity index is 1010. The van der Waals surface area contributed by atoms with Gasteiger partial charge in [-0.15, -0.1) is 33.2 Å². The highest BCUT2D eigenvalue weighted by molar-refractivity contribution is 7.65. The van der Waals surface area contributed by atoms with Crippen molar-refractivity contribution in [3.8, 4) is 0 Å². The second-order valence-corrected chi connectivity index (χ2v) is 17.3. The number of hydrogen-bond acceptors (Lipinski definition) is 0. The van der Waals surface area contributed by atoms with E-state index in [4.69, 9.17) is 33.2 Å². The average Bonchev–Trinajstić information content (AvgIpc) is 2.71. The zero-order valence-corrected chi connectivity index (χ0v) is 21.1. The predicted molar refractivity (Wildman–Crippen MR) is 102 cm³/mol. The van der Waals surface area contributed by atoms with Gasteiger partial charge in [0.2, 0.25) is 0 Å². The molecule has 0 nitrogen and oxygen atoms in total. The number of benzene rings is 1. The van der Waals surface area contributed by atoms with E-state index in [1.807, 2.05) is 0 Å². The SMILES string of the molecule is CC(C)(c1ccc(C(F)(F)C(F)(F)C(F)(F)C(F)(F)C(F)(F)C(F)(F)C(F)(F)C(F)(F)F)cc1)[Si](Cl)(Cl)Cl. The molecule has 0 aliphatic rings. The van der Waals surface area contributed by atoms with Crippen LogP contribution in [0.1, 0.15) is 25.0 Å². The number of rotatable bonds is 9. The Morgan fingerprint density at radius 3 is 1.00 bits per heavy atom.